The van der Waals surface area contributed by atoms with Gasteiger partial charge in [0.05, 0.1) is 27.7 Å². The van der Waals surface area contributed by atoms with Crippen LogP contribution in [-0.2, 0) is 32.7 Å². The van der Waals surface area contributed by atoms with Crippen LogP contribution in [0.2, 0.25) is 0 Å². The lowest BCUT2D eigenvalue weighted by Crippen LogP contribution is -2.37. The second-order valence-corrected chi connectivity index (χ2v) is 25.3. The van der Waals surface area contributed by atoms with E-state index in [4.69, 9.17) is 18.5 Å². The van der Waals surface area contributed by atoms with Crippen molar-refractivity contribution in [3.8, 4) is 0 Å². The number of hydrogen-bond acceptors (Lipinski definition) is 7. The summed E-state index contributed by atoms with van der Waals surface area (Å²) in [5.41, 5.74) is 0. The fourth-order valence-corrected chi connectivity index (χ4v) is 10.1. The predicted molar refractivity (Wildman–Crippen MR) is 353 cm³/mol. The number of esters is 2. The average Bonchev–Trinajstić information content (AvgIpc) is 3.46. The van der Waals surface area contributed by atoms with E-state index in [2.05, 4.69) is 111 Å². The van der Waals surface area contributed by atoms with Gasteiger partial charge in [-0.15, -0.1) is 0 Å². The van der Waals surface area contributed by atoms with Gasteiger partial charge in [0.1, 0.15) is 19.8 Å². The summed E-state index contributed by atoms with van der Waals surface area (Å²) in [6.07, 6.45) is 86.6. The van der Waals surface area contributed by atoms with E-state index in [9.17, 15) is 19.0 Å². The Morgan fingerprint density at radius 1 is 0.390 bits per heavy atom. The number of phosphoric acid groups is 1. The molecule has 0 amide bonds. The third-order valence-electron chi connectivity index (χ3n) is 14.6. The summed E-state index contributed by atoms with van der Waals surface area (Å²) in [6.45, 7) is 4.30. The second-order valence-electron chi connectivity index (χ2n) is 23.8. The van der Waals surface area contributed by atoms with Crippen LogP contribution in [0.5, 0.6) is 0 Å². The zero-order valence-electron chi connectivity index (χ0n) is 54.0. The minimum atomic E-state index is -4.40. The monoisotopic (exact) mass is 1170 g/mol. The van der Waals surface area contributed by atoms with Gasteiger partial charge < -0.3 is 18.9 Å². The van der Waals surface area contributed by atoms with Crippen LogP contribution in [-0.4, -0.2) is 74.9 Å². The molecule has 0 fully saturated rings. The number of carbonyl (C=O) groups is 2. The molecule has 9 nitrogen and oxygen atoms in total. The molecule has 82 heavy (non-hydrogen) atoms. The van der Waals surface area contributed by atoms with Crippen LogP contribution in [0.3, 0.4) is 0 Å². The molecule has 0 spiro atoms. The van der Waals surface area contributed by atoms with Gasteiger partial charge in [-0.3, -0.25) is 18.6 Å². The average molecular weight is 1170 g/mol. The van der Waals surface area contributed by atoms with E-state index in [-0.39, 0.29) is 32.0 Å². The number of rotatable bonds is 62. The number of ether oxygens (including phenoxy) is 2. The minimum absolute atomic E-state index is 0.0244. The number of unbranched alkanes of at least 4 members (excludes halogenated alkanes) is 32. The Morgan fingerprint density at radius 2 is 0.695 bits per heavy atom. The maximum Gasteiger partial charge on any atom is 0.472 e. The first kappa shape index (κ1) is 78.9. The highest BCUT2D eigenvalue weighted by Crippen LogP contribution is 2.43. The molecule has 0 saturated heterocycles. The molecule has 0 radical (unpaired) electrons. The first-order chi connectivity index (χ1) is 40.0. The van der Waals surface area contributed by atoms with E-state index < -0.39 is 26.5 Å². The Balaban J connectivity index is 4.00. The molecule has 10 heteroatoms. The summed E-state index contributed by atoms with van der Waals surface area (Å²) in [5, 5.41) is 0. The molecule has 0 aliphatic heterocycles. The predicted octanol–water partition coefficient (Wildman–Crippen LogP) is 21.9. The minimum Gasteiger partial charge on any atom is -0.462 e. The molecule has 474 valence electrons. The van der Waals surface area contributed by atoms with Crippen molar-refractivity contribution in [2.75, 3.05) is 47.5 Å². The standard InChI is InChI=1S/C72H128NO8P/c1-6-8-10-12-14-16-18-20-22-24-26-28-29-30-31-32-33-34-35-36-37-38-39-40-41-42-43-45-46-48-50-52-54-56-58-60-62-64-71(74)78-68-70(69-80-82(76,77)79-67-66-73(3,4)5)81-72(75)65-63-61-59-57-55-53-51-49-47-44-27-25-23-21-19-17-15-13-11-9-7-2/h9,11,15,17-18,20-21,23-24,26-27,29-30,44,49,51,70H,6-8,10,12-14,16,19,22,25,28,31-43,45-48,50,52-69H2,1-5H3/p+1/b11-9-,17-15-,20-18-,23-21-,26-24-,30-29-,44-27-,51-49-. The van der Waals surface area contributed by atoms with Crippen molar-refractivity contribution in [1.82, 2.24) is 0 Å². The molecule has 0 heterocycles. The van der Waals surface area contributed by atoms with E-state index >= 15 is 0 Å². The summed E-state index contributed by atoms with van der Waals surface area (Å²) < 4.78 is 34.6. The van der Waals surface area contributed by atoms with Crippen molar-refractivity contribution < 1.29 is 42.1 Å². The molecular formula is C72H129NO8P+. The second kappa shape index (κ2) is 62.5. The number of nitrogens with zero attached hydrogens (tertiary/aromatic N) is 1. The lowest BCUT2D eigenvalue weighted by Gasteiger charge is -2.24. The fraction of sp³-hybridized carbons (Fsp3) is 0.750. The van der Waals surface area contributed by atoms with Crippen molar-refractivity contribution in [3.63, 3.8) is 0 Å². The van der Waals surface area contributed by atoms with Gasteiger partial charge in [-0.05, 0) is 96.3 Å². The SMILES string of the molecule is CC/C=C\C/C=C\C/C=C\C/C=C\C/C=C\CCCCCCCC(=O)OC(COC(=O)CCCCCCCCCCCCCCCCCCCCCCCC/C=C\C/C=C\C/C=C\CCCCCCC)COP(=O)(O)OCC[N+](C)(C)C. The van der Waals surface area contributed by atoms with Gasteiger partial charge in [0.25, 0.3) is 0 Å². The van der Waals surface area contributed by atoms with Crippen molar-refractivity contribution >= 4 is 19.8 Å². The maximum atomic E-state index is 12.8. The van der Waals surface area contributed by atoms with Gasteiger partial charge in [-0.1, -0.05) is 284 Å². The molecule has 0 aromatic rings. The summed E-state index contributed by atoms with van der Waals surface area (Å²) in [5.74, 6) is -0.814. The highest BCUT2D eigenvalue weighted by atomic mass is 31.2. The van der Waals surface area contributed by atoms with Crippen LogP contribution in [0.1, 0.15) is 296 Å². The van der Waals surface area contributed by atoms with Gasteiger partial charge in [0.2, 0.25) is 0 Å². The van der Waals surface area contributed by atoms with E-state index in [1.54, 1.807) is 0 Å². The Kier molecular flexibility index (Phi) is 60.1. The van der Waals surface area contributed by atoms with E-state index in [0.29, 0.717) is 17.4 Å². The van der Waals surface area contributed by atoms with Gasteiger partial charge in [0, 0.05) is 12.8 Å². The van der Waals surface area contributed by atoms with Crippen LogP contribution >= 0.6 is 7.82 Å². The number of carbonyl (C=O) groups excluding carboxylic acids is 2. The number of quaternary nitrogens is 1. The molecule has 1 N–H and O–H groups in total. The Morgan fingerprint density at radius 3 is 1.04 bits per heavy atom. The van der Waals surface area contributed by atoms with Crippen LogP contribution < -0.4 is 0 Å². The molecule has 0 bridgehead atoms. The van der Waals surface area contributed by atoms with Gasteiger partial charge in [0.15, 0.2) is 6.10 Å². The number of allylic oxidation sites excluding steroid dienone is 16. The van der Waals surface area contributed by atoms with Crippen LogP contribution in [0.25, 0.3) is 0 Å². The zero-order chi connectivity index (χ0) is 59.8. The van der Waals surface area contributed by atoms with Crippen molar-refractivity contribution in [2.45, 2.75) is 302 Å². The smallest absolute Gasteiger partial charge is 0.462 e. The van der Waals surface area contributed by atoms with E-state index in [1.807, 2.05) is 21.1 Å². The van der Waals surface area contributed by atoms with Crippen LogP contribution in [0.15, 0.2) is 97.2 Å². The van der Waals surface area contributed by atoms with Crippen molar-refractivity contribution in [2.24, 2.45) is 0 Å². The number of hydrogen-bond donors (Lipinski definition) is 1. The molecule has 2 atom stereocenters. The zero-order valence-corrected chi connectivity index (χ0v) is 54.8. The van der Waals surface area contributed by atoms with Crippen molar-refractivity contribution in [3.05, 3.63) is 97.2 Å². The fourth-order valence-electron chi connectivity index (χ4n) is 9.40. The lowest BCUT2D eigenvalue weighted by molar-refractivity contribution is -0.870. The summed E-state index contributed by atoms with van der Waals surface area (Å²) in [6, 6.07) is 0. The molecule has 0 saturated carbocycles. The summed E-state index contributed by atoms with van der Waals surface area (Å²) in [4.78, 5) is 35.8. The van der Waals surface area contributed by atoms with Crippen molar-refractivity contribution in [1.29, 1.82) is 0 Å². The van der Waals surface area contributed by atoms with Gasteiger partial charge in [-0.2, -0.15) is 0 Å². The normalized spacial score (nSPS) is 13.8. The van der Waals surface area contributed by atoms with Crippen LogP contribution in [0, 0.1) is 0 Å². The first-order valence-electron chi connectivity index (χ1n) is 34.0. The summed E-state index contributed by atoms with van der Waals surface area (Å²) in [7, 11) is 1.46. The first-order valence-corrected chi connectivity index (χ1v) is 35.5. The summed E-state index contributed by atoms with van der Waals surface area (Å²) >= 11 is 0. The molecule has 0 aliphatic rings. The molecule has 0 aromatic carbocycles. The highest BCUT2D eigenvalue weighted by molar-refractivity contribution is 7.47. The number of phosphoric ester groups is 1. The quantitative estimate of drug-likeness (QED) is 0.0211. The van der Waals surface area contributed by atoms with E-state index in [1.165, 1.54) is 167 Å². The third kappa shape index (κ3) is 66.1. The molecule has 0 aliphatic carbocycles. The molecule has 0 aromatic heterocycles. The Labute approximate surface area is 506 Å². The van der Waals surface area contributed by atoms with Gasteiger partial charge >= 0.3 is 19.8 Å². The Bertz CT molecular complexity index is 1710. The molecule has 0 rings (SSSR count). The maximum absolute atomic E-state index is 12.8. The molecule has 2 unspecified atom stereocenters. The third-order valence-corrected chi connectivity index (χ3v) is 15.6. The largest absolute Gasteiger partial charge is 0.472 e. The number of likely N-dealkylation sites (N-methyl/N-ethyl adjacent to an activating group) is 1. The topological polar surface area (TPSA) is 108 Å². The Hall–Kier alpha value is -3.07. The highest BCUT2D eigenvalue weighted by Gasteiger charge is 2.27. The lowest BCUT2D eigenvalue weighted by atomic mass is 10.0. The van der Waals surface area contributed by atoms with Crippen LogP contribution in [0.4, 0.5) is 0 Å². The molecular weight excluding hydrogens is 1040 g/mol. The van der Waals surface area contributed by atoms with Gasteiger partial charge in [-0.25, -0.2) is 4.57 Å². The van der Waals surface area contributed by atoms with E-state index in [0.717, 1.165) is 96.3 Å².